The quantitative estimate of drug-likeness (QED) is 0.674. The molecule has 1 aromatic carbocycles. The van der Waals surface area contributed by atoms with Crippen molar-refractivity contribution in [1.29, 1.82) is 0 Å². The number of carbonyl (C=O) groups excluding carboxylic acids is 2. The molecule has 2 rings (SSSR count). The molecule has 0 aliphatic rings. The van der Waals surface area contributed by atoms with Gasteiger partial charge in [0.2, 0.25) is 0 Å². The van der Waals surface area contributed by atoms with Crippen LogP contribution in [0, 0.1) is 5.92 Å². The van der Waals surface area contributed by atoms with Crippen LogP contribution in [0.25, 0.3) is 0 Å². The fraction of sp³-hybridized carbons (Fsp3) is 0.353. The summed E-state index contributed by atoms with van der Waals surface area (Å²) in [5.74, 6) is -0.481. The molecule has 0 bridgehead atoms. The highest BCUT2D eigenvalue weighted by atomic mass is 35.5. The molecule has 2 N–H and O–H groups in total. The third-order valence-corrected chi connectivity index (χ3v) is 4.19. The lowest BCUT2D eigenvalue weighted by molar-refractivity contribution is -0.119. The molecule has 2 aromatic rings. The van der Waals surface area contributed by atoms with E-state index in [0.717, 1.165) is 13.0 Å². The highest BCUT2D eigenvalue weighted by molar-refractivity contribution is 7.13. The number of hydrogen-bond acceptors (Lipinski definition) is 6. The lowest BCUT2D eigenvalue weighted by Gasteiger charge is -2.06. The normalized spacial score (nSPS) is 10.6. The molecular weight excluding hydrogens is 362 g/mol. The monoisotopic (exact) mass is 381 g/mol. The molecule has 0 unspecified atom stereocenters. The van der Waals surface area contributed by atoms with Crippen LogP contribution in [-0.2, 0) is 9.53 Å². The minimum absolute atomic E-state index is 0.188. The lowest BCUT2D eigenvalue weighted by Crippen LogP contribution is -2.21. The van der Waals surface area contributed by atoms with Gasteiger partial charge in [0.1, 0.15) is 0 Å². The van der Waals surface area contributed by atoms with Crippen molar-refractivity contribution in [2.45, 2.75) is 20.3 Å². The zero-order chi connectivity index (χ0) is 18.2. The van der Waals surface area contributed by atoms with Crippen molar-refractivity contribution < 1.29 is 14.3 Å². The number of thiazole rings is 1. The maximum absolute atomic E-state index is 11.9. The number of halogens is 1. The van der Waals surface area contributed by atoms with Gasteiger partial charge >= 0.3 is 5.97 Å². The Hall–Kier alpha value is -2.12. The molecule has 25 heavy (non-hydrogen) atoms. The Kier molecular flexibility index (Phi) is 7.21. The summed E-state index contributed by atoms with van der Waals surface area (Å²) in [5.41, 5.74) is 0.728. The van der Waals surface area contributed by atoms with Gasteiger partial charge in [-0.25, -0.2) is 9.78 Å². The summed E-state index contributed by atoms with van der Waals surface area (Å²) in [6, 6.07) is 6.72. The van der Waals surface area contributed by atoms with Gasteiger partial charge in [-0.15, -0.1) is 11.3 Å². The first-order valence-corrected chi connectivity index (χ1v) is 9.11. The molecule has 0 spiro atoms. The molecule has 0 saturated heterocycles. The molecular formula is C17H20ClN3O3S. The van der Waals surface area contributed by atoms with Crippen molar-refractivity contribution in [1.82, 2.24) is 4.98 Å². The van der Waals surface area contributed by atoms with Crippen LogP contribution in [0.15, 0.2) is 29.6 Å². The molecule has 1 heterocycles. The van der Waals surface area contributed by atoms with Gasteiger partial charge in [0.15, 0.2) is 17.4 Å². The SMILES string of the molecule is CC(C)CCNc1nc(C(=O)OCC(=O)Nc2cccc(Cl)c2)cs1. The number of benzene rings is 1. The number of anilines is 2. The zero-order valence-electron chi connectivity index (χ0n) is 14.0. The Morgan fingerprint density at radius 2 is 2.16 bits per heavy atom. The van der Waals surface area contributed by atoms with E-state index in [9.17, 15) is 9.59 Å². The Morgan fingerprint density at radius 3 is 2.88 bits per heavy atom. The average Bonchev–Trinajstić information content (AvgIpc) is 3.01. The first kappa shape index (κ1) is 19.2. The van der Waals surface area contributed by atoms with E-state index in [0.29, 0.717) is 21.8 Å². The van der Waals surface area contributed by atoms with Crippen molar-refractivity contribution in [2.75, 3.05) is 23.8 Å². The molecule has 0 aliphatic heterocycles. The number of rotatable bonds is 8. The van der Waals surface area contributed by atoms with Crippen LogP contribution in [0.2, 0.25) is 5.02 Å². The molecule has 8 heteroatoms. The number of aromatic nitrogens is 1. The third kappa shape index (κ3) is 6.72. The van der Waals surface area contributed by atoms with Gasteiger partial charge in [-0.05, 0) is 30.5 Å². The van der Waals surface area contributed by atoms with E-state index >= 15 is 0 Å². The molecule has 0 atom stereocenters. The van der Waals surface area contributed by atoms with Crippen molar-refractivity contribution >= 4 is 45.6 Å². The summed E-state index contributed by atoms with van der Waals surface area (Å²) in [5, 5.41) is 8.54. The summed E-state index contributed by atoms with van der Waals surface area (Å²) in [6.45, 7) is 4.68. The number of amides is 1. The second-order valence-corrected chi connectivity index (χ2v) is 7.08. The maximum atomic E-state index is 11.9. The summed E-state index contributed by atoms with van der Waals surface area (Å²) < 4.78 is 4.98. The predicted molar refractivity (Wildman–Crippen MR) is 100 cm³/mol. The minimum atomic E-state index is -0.630. The number of nitrogens with zero attached hydrogens (tertiary/aromatic N) is 1. The van der Waals surface area contributed by atoms with Gasteiger partial charge in [-0.1, -0.05) is 31.5 Å². The molecule has 134 valence electrons. The zero-order valence-corrected chi connectivity index (χ0v) is 15.6. The smallest absolute Gasteiger partial charge is 0.358 e. The summed E-state index contributed by atoms with van der Waals surface area (Å²) in [7, 11) is 0. The van der Waals surface area contributed by atoms with Crippen molar-refractivity contribution in [3.63, 3.8) is 0 Å². The van der Waals surface area contributed by atoms with E-state index < -0.39 is 11.9 Å². The van der Waals surface area contributed by atoms with Crippen LogP contribution in [-0.4, -0.2) is 30.0 Å². The van der Waals surface area contributed by atoms with Crippen LogP contribution in [0.5, 0.6) is 0 Å². The fourth-order valence-corrected chi connectivity index (χ4v) is 2.78. The van der Waals surface area contributed by atoms with Gasteiger partial charge in [0, 0.05) is 22.6 Å². The van der Waals surface area contributed by atoms with Crippen LogP contribution in [0.3, 0.4) is 0 Å². The largest absolute Gasteiger partial charge is 0.451 e. The fourth-order valence-electron chi connectivity index (χ4n) is 1.88. The standard InChI is InChI=1S/C17H20ClN3O3S/c1-11(2)6-7-19-17-21-14(10-25-17)16(23)24-9-15(22)20-13-5-3-4-12(18)8-13/h3-5,8,10-11H,6-7,9H2,1-2H3,(H,19,21)(H,20,22). The Labute approximate surface area is 155 Å². The van der Waals surface area contributed by atoms with Gasteiger partial charge in [-0.2, -0.15) is 0 Å². The van der Waals surface area contributed by atoms with Crippen LogP contribution >= 0.6 is 22.9 Å². The molecule has 1 amide bonds. The summed E-state index contributed by atoms with van der Waals surface area (Å²) in [4.78, 5) is 27.9. The highest BCUT2D eigenvalue weighted by Gasteiger charge is 2.14. The Bertz CT molecular complexity index is 733. The van der Waals surface area contributed by atoms with E-state index in [1.165, 1.54) is 11.3 Å². The van der Waals surface area contributed by atoms with Crippen molar-refractivity contribution in [2.24, 2.45) is 5.92 Å². The molecule has 0 fully saturated rings. The number of esters is 1. The predicted octanol–water partition coefficient (Wildman–Crippen LogP) is 4.05. The van der Waals surface area contributed by atoms with E-state index in [-0.39, 0.29) is 12.3 Å². The Balaban J connectivity index is 1.78. The molecule has 6 nitrogen and oxygen atoms in total. The first-order chi connectivity index (χ1) is 11.9. The van der Waals surface area contributed by atoms with Gasteiger partial charge in [0.05, 0.1) is 0 Å². The van der Waals surface area contributed by atoms with E-state index in [1.54, 1.807) is 29.6 Å². The van der Waals surface area contributed by atoms with Crippen LogP contribution in [0.1, 0.15) is 30.8 Å². The molecule has 0 radical (unpaired) electrons. The van der Waals surface area contributed by atoms with Crippen molar-refractivity contribution in [3.05, 3.63) is 40.4 Å². The average molecular weight is 382 g/mol. The highest BCUT2D eigenvalue weighted by Crippen LogP contribution is 2.17. The van der Waals surface area contributed by atoms with E-state index in [1.807, 2.05) is 0 Å². The van der Waals surface area contributed by atoms with Crippen LogP contribution in [0.4, 0.5) is 10.8 Å². The van der Waals surface area contributed by atoms with Crippen molar-refractivity contribution in [3.8, 4) is 0 Å². The number of nitrogens with one attached hydrogen (secondary N) is 2. The number of ether oxygens (including phenoxy) is 1. The van der Waals surface area contributed by atoms with Gasteiger partial charge in [0.25, 0.3) is 5.91 Å². The maximum Gasteiger partial charge on any atom is 0.358 e. The lowest BCUT2D eigenvalue weighted by atomic mass is 10.1. The number of hydrogen-bond donors (Lipinski definition) is 2. The van der Waals surface area contributed by atoms with E-state index in [2.05, 4.69) is 29.5 Å². The second kappa shape index (κ2) is 9.39. The summed E-state index contributed by atoms with van der Waals surface area (Å²) >= 11 is 7.17. The molecule has 0 saturated carbocycles. The van der Waals surface area contributed by atoms with Crippen LogP contribution < -0.4 is 10.6 Å². The number of carbonyl (C=O) groups is 2. The minimum Gasteiger partial charge on any atom is -0.451 e. The molecule has 1 aromatic heterocycles. The Morgan fingerprint density at radius 1 is 1.36 bits per heavy atom. The first-order valence-electron chi connectivity index (χ1n) is 7.86. The van der Waals surface area contributed by atoms with Gasteiger partial charge in [-0.3, -0.25) is 4.79 Å². The van der Waals surface area contributed by atoms with Gasteiger partial charge < -0.3 is 15.4 Å². The summed E-state index contributed by atoms with van der Waals surface area (Å²) in [6.07, 6.45) is 1.02. The molecule has 0 aliphatic carbocycles. The topological polar surface area (TPSA) is 80.3 Å². The second-order valence-electron chi connectivity index (χ2n) is 5.78. The van der Waals surface area contributed by atoms with E-state index in [4.69, 9.17) is 16.3 Å². The third-order valence-electron chi connectivity index (χ3n) is 3.15.